The first-order chi connectivity index (χ1) is 10.2. The number of amides is 1. The third kappa shape index (κ3) is 3.73. The molecule has 3 rings (SSSR count). The lowest BCUT2D eigenvalue weighted by atomic mass is 10.1. The third-order valence-corrected chi connectivity index (χ3v) is 3.67. The van der Waals surface area contributed by atoms with Gasteiger partial charge < -0.3 is 15.4 Å². The molecular weight excluding hydrogens is 264 g/mol. The van der Waals surface area contributed by atoms with Gasteiger partial charge in [0, 0.05) is 12.6 Å². The molecule has 1 saturated carbocycles. The Kier molecular flexibility index (Phi) is 4.06. The van der Waals surface area contributed by atoms with E-state index in [9.17, 15) is 4.79 Å². The highest BCUT2D eigenvalue weighted by atomic mass is 16.5. The molecular formula is C17H20N2O2. The highest BCUT2D eigenvalue weighted by molar-refractivity contribution is 5.84. The van der Waals surface area contributed by atoms with Gasteiger partial charge in [0.15, 0.2) is 0 Å². The first-order valence-electron chi connectivity index (χ1n) is 7.31. The Bertz CT molecular complexity index is 650. The second kappa shape index (κ2) is 6.14. The number of benzene rings is 2. The summed E-state index contributed by atoms with van der Waals surface area (Å²) in [6, 6.07) is 12.8. The molecule has 0 aliphatic heterocycles. The summed E-state index contributed by atoms with van der Waals surface area (Å²) < 4.78 is 5.22. The summed E-state index contributed by atoms with van der Waals surface area (Å²) in [5.41, 5.74) is 1.17. The Morgan fingerprint density at radius 2 is 1.95 bits per heavy atom. The molecule has 0 bridgehead atoms. The molecule has 4 nitrogen and oxygen atoms in total. The number of ether oxygens (including phenoxy) is 1. The van der Waals surface area contributed by atoms with Crippen molar-refractivity contribution in [2.24, 2.45) is 0 Å². The van der Waals surface area contributed by atoms with Crippen molar-refractivity contribution in [3.8, 4) is 5.75 Å². The Morgan fingerprint density at radius 3 is 2.71 bits per heavy atom. The molecule has 110 valence electrons. The predicted octanol–water partition coefficient (Wildman–Crippen LogP) is 2.22. The molecule has 0 saturated heterocycles. The molecule has 0 radical (unpaired) electrons. The van der Waals surface area contributed by atoms with Gasteiger partial charge in [-0.2, -0.15) is 0 Å². The van der Waals surface area contributed by atoms with E-state index in [1.807, 2.05) is 12.1 Å². The SMILES string of the molecule is COc1ccc2cc(CNCC(=O)NC3CC3)ccc2c1. The largest absolute Gasteiger partial charge is 0.497 e. The molecule has 0 aromatic heterocycles. The maximum absolute atomic E-state index is 11.6. The quantitative estimate of drug-likeness (QED) is 0.855. The second-order valence-electron chi connectivity index (χ2n) is 5.49. The summed E-state index contributed by atoms with van der Waals surface area (Å²) >= 11 is 0. The van der Waals surface area contributed by atoms with Gasteiger partial charge in [0.05, 0.1) is 13.7 Å². The van der Waals surface area contributed by atoms with E-state index in [4.69, 9.17) is 4.74 Å². The molecule has 4 heteroatoms. The van der Waals surface area contributed by atoms with Crippen LogP contribution in [0.4, 0.5) is 0 Å². The fourth-order valence-corrected chi connectivity index (χ4v) is 2.34. The van der Waals surface area contributed by atoms with Gasteiger partial charge in [-0.15, -0.1) is 0 Å². The summed E-state index contributed by atoms with van der Waals surface area (Å²) in [6.07, 6.45) is 2.25. The lowest BCUT2D eigenvalue weighted by molar-refractivity contribution is -0.120. The zero-order valence-electron chi connectivity index (χ0n) is 12.2. The molecule has 1 amide bonds. The Hall–Kier alpha value is -2.07. The highest BCUT2D eigenvalue weighted by Gasteiger charge is 2.22. The van der Waals surface area contributed by atoms with Crippen LogP contribution in [0.1, 0.15) is 18.4 Å². The van der Waals surface area contributed by atoms with Crippen molar-refractivity contribution in [2.45, 2.75) is 25.4 Å². The van der Waals surface area contributed by atoms with Gasteiger partial charge in [0.2, 0.25) is 5.91 Å². The molecule has 2 aromatic rings. The van der Waals surface area contributed by atoms with Crippen LogP contribution in [0.15, 0.2) is 36.4 Å². The van der Waals surface area contributed by atoms with Gasteiger partial charge in [-0.1, -0.05) is 18.2 Å². The molecule has 1 fully saturated rings. The fraction of sp³-hybridized carbons (Fsp3) is 0.353. The molecule has 2 N–H and O–H groups in total. The molecule has 21 heavy (non-hydrogen) atoms. The number of methoxy groups -OCH3 is 1. The maximum atomic E-state index is 11.6. The van der Waals surface area contributed by atoms with E-state index in [0.717, 1.165) is 24.0 Å². The lowest BCUT2D eigenvalue weighted by Crippen LogP contribution is -2.34. The summed E-state index contributed by atoms with van der Waals surface area (Å²) in [5.74, 6) is 0.952. The molecule has 2 aromatic carbocycles. The van der Waals surface area contributed by atoms with E-state index >= 15 is 0 Å². The molecule has 0 atom stereocenters. The van der Waals surface area contributed by atoms with E-state index in [0.29, 0.717) is 19.1 Å². The monoisotopic (exact) mass is 284 g/mol. The number of hydrogen-bond acceptors (Lipinski definition) is 3. The standard InChI is InChI=1S/C17H20N2O2/c1-21-16-7-4-13-8-12(2-3-14(13)9-16)10-18-11-17(20)19-15-5-6-15/h2-4,7-9,15,18H,5-6,10-11H2,1H3,(H,19,20). The molecule has 0 unspecified atom stereocenters. The van der Waals surface area contributed by atoms with Crippen molar-refractivity contribution in [3.63, 3.8) is 0 Å². The lowest BCUT2D eigenvalue weighted by Gasteiger charge is -2.08. The Balaban J connectivity index is 1.57. The molecule has 1 aliphatic rings. The van der Waals surface area contributed by atoms with Gasteiger partial charge >= 0.3 is 0 Å². The highest BCUT2D eigenvalue weighted by Crippen LogP contribution is 2.21. The van der Waals surface area contributed by atoms with Crippen LogP contribution in [0.2, 0.25) is 0 Å². The number of carbonyl (C=O) groups excluding carboxylic acids is 1. The minimum absolute atomic E-state index is 0.0861. The van der Waals surface area contributed by atoms with E-state index in [2.05, 4.69) is 34.9 Å². The van der Waals surface area contributed by atoms with E-state index in [1.54, 1.807) is 7.11 Å². The van der Waals surface area contributed by atoms with Crippen LogP contribution in [0.5, 0.6) is 5.75 Å². The van der Waals surface area contributed by atoms with Crippen LogP contribution in [0, 0.1) is 0 Å². The summed E-state index contributed by atoms with van der Waals surface area (Å²) in [4.78, 5) is 11.6. The van der Waals surface area contributed by atoms with Crippen LogP contribution < -0.4 is 15.4 Å². The van der Waals surface area contributed by atoms with Gasteiger partial charge in [0.25, 0.3) is 0 Å². The van der Waals surface area contributed by atoms with Crippen molar-refractivity contribution < 1.29 is 9.53 Å². The van der Waals surface area contributed by atoms with Crippen molar-refractivity contribution in [3.05, 3.63) is 42.0 Å². The van der Waals surface area contributed by atoms with Crippen molar-refractivity contribution in [1.29, 1.82) is 0 Å². The van der Waals surface area contributed by atoms with Crippen LogP contribution in [-0.4, -0.2) is 25.6 Å². The zero-order valence-corrected chi connectivity index (χ0v) is 12.2. The van der Waals surface area contributed by atoms with E-state index in [1.165, 1.54) is 10.9 Å². The Morgan fingerprint density at radius 1 is 1.19 bits per heavy atom. The van der Waals surface area contributed by atoms with Crippen LogP contribution in [0.25, 0.3) is 10.8 Å². The minimum Gasteiger partial charge on any atom is -0.497 e. The number of nitrogens with one attached hydrogen (secondary N) is 2. The Labute approximate surface area is 124 Å². The summed E-state index contributed by atoms with van der Waals surface area (Å²) in [7, 11) is 1.67. The van der Waals surface area contributed by atoms with E-state index in [-0.39, 0.29) is 5.91 Å². The first-order valence-corrected chi connectivity index (χ1v) is 7.31. The normalized spacial score (nSPS) is 14.1. The number of hydrogen-bond donors (Lipinski definition) is 2. The smallest absolute Gasteiger partial charge is 0.234 e. The number of rotatable bonds is 6. The average molecular weight is 284 g/mol. The summed E-state index contributed by atoms with van der Waals surface area (Å²) in [6.45, 7) is 1.07. The zero-order chi connectivity index (χ0) is 14.7. The van der Waals surface area contributed by atoms with Crippen molar-refractivity contribution >= 4 is 16.7 Å². The fourth-order valence-electron chi connectivity index (χ4n) is 2.34. The molecule has 0 heterocycles. The van der Waals surface area contributed by atoms with Gasteiger partial charge in [0.1, 0.15) is 5.75 Å². The average Bonchev–Trinajstić information content (AvgIpc) is 3.30. The summed E-state index contributed by atoms with van der Waals surface area (Å²) in [5, 5.41) is 8.49. The van der Waals surface area contributed by atoms with Gasteiger partial charge in [-0.3, -0.25) is 4.79 Å². The van der Waals surface area contributed by atoms with Gasteiger partial charge in [-0.05, 0) is 47.4 Å². The van der Waals surface area contributed by atoms with E-state index < -0.39 is 0 Å². The third-order valence-electron chi connectivity index (χ3n) is 3.67. The van der Waals surface area contributed by atoms with Crippen LogP contribution >= 0.6 is 0 Å². The molecule has 1 aliphatic carbocycles. The van der Waals surface area contributed by atoms with Gasteiger partial charge in [-0.25, -0.2) is 0 Å². The first kappa shape index (κ1) is 13.9. The van der Waals surface area contributed by atoms with Crippen LogP contribution in [0.3, 0.4) is 0 Å². The predicted molar refractivity (Wildman–Crippen MR) is 83.4 cm³/mol. The number of carbonyl (C=O) groups is 1. The topological polar surface area (TPSA) is 50.4 Å². The molecule has 0 spiro atoms. The minimum atomic E-state index is 0.0861. The van der Waals surface area contributed by atoms with Crippen LogP contribution in [-0.2, 0) is 11.3 Å². The maximum Gasteiger partial charge on any atom is 0.234 e. The van der Waals surface area contributed by atoms with Crippen molar-refractivity contribution in [1.82, 2.24) is 10.6 Å². The number of fused-ring (bicyclic) bond motifs is 1. The second-order valence-corrected chi connectivity index (χ2v) is 5.49. The van der Waals surface area contributed by atoms with Crippen molar-refractivity contribution in [2.75, 3.05) is 13.7 Å².